The number of sulfonamides is 1. The Labute approximate surface area is 202 Å². The molecule has 0 spiro atoms. The number of rotatable bonds is 10. The van der Waals surface area contributed by atoms with Gasteiger partial charge >= 0.3 is 5.97 Å². The molecule has 35 heavy (non-hydrogen) atoms. The van der Waals surface area contributed by atoms with Gasteiger partial charge in [0.25, 0.3) is 0 Å². The molecule has 1 aliphatic carbocycles. The van der Waals surface area contributed by atoms with E-state index in [1.54, 1.807) is 13.0 Å². The van der Waals surface area contributed by atoms with Crippen LogP contribution in [-0.4, -0.2) is 46.1 Å². The Balaban J connectivity index is 1.88. The number of fused-ring (bicyclic) bond motifs is 1. The maximum absolute atomic E-state index is 13.5. The number of nitrogens with two attached hydrogens (primary N) is 1. The van der Waals surface area contributed by atoms with Crippen molar-refractivity contribution in [3.05, 3.63) is 53.3 Å². The van der Waals surface area contributed by atoms with Crippen molar-refractivity contribution in [3.63, 3.8) is 0 Å². The van der Waals surface area contributed by atoms with Gasteiger partial charge in [0.1, 0.15) is 23.8 Å². The van der Waals surface area contributed by atoms with Crippen LogP contribution in [0, 0.1) is 5.82 Å². The minimum Gasteiger partial charge on any atom is -0.463 e. The predicted octanol–water partition coefficient (Wildman–Crippen LogP) is 3.98. The molecule has 186 valence electrons. The highest BCUT2D eigenvalue weighted by molar-refractivity contribution is 7.92. The Bertz CT molecular complexity index is 1380. The van der Waals surface area contributed by atoms with Gasteiger partial charge in [-0.25, -0.2) is 12.8 Å². The fourth-order valence-electron chi connectivity index (χ4n) is 4.11. The van der Waals surface area contributed by atoms with Gasteiger partial charge in [-0.1, -0.05) is 6.92 Å². The van der Waals surface area contributed by atoms with Gasteiger partial charge in [0, 0.05) is 23.4 Å². The van der Waals surface area contributed by atoms with Crippen LogP contribution in [-0.2, 0) is 19.6 Å². The zero-order valence-electron chi connectivity index (χ0n) is 19.5. The maximum atomic E-state index is 13.5. The first kappa shape index (κ1) is 24.9. The summed E-state index contributed by atoms with van der Waals surface area (Å²) < 4.78 is 51.3. The number of ether oxygens (including phenoxy) is 1. The number of anilines is 1. The molecular formula is C25H27FN2O6S. The van der Waals surface area contributed by atoms with Gasteiger partial charge in [0.15, 0.2) is 5.78 Å². The van der Waals surface area contributed by atoms with Crippen LogP contribution in [0.4, 0.5) is 10.1 Å². The number of furan rings is 1. The minimum absolute atomic E-state index is 0.0952. The van der Waals surface area contributed by atoms with Gasteiger partial charge in [-0.3, -0.25) is 13.9 Å². The molecule has 4 rings (SSSR count). The minimum atomic E-state index is -3.74. The molecule has 1 fully saturated rings. The van der Waals surface area contributed by atoms with Crippen LogP contribution < -0.4 is 10.0 Å². The predicted molar refractivity (Wildman–Crippen MR) is 130 cm³/mol. The molecule has 1 heterocycles. The van der Waals surface area contributed by atoms with Crippen LogP contribution in [0.5, 0.6) is 0 Å². The van der Waals surface area contributed by atoms with Gasteiger partial charge in [0.05, 0.1) is 30.6 Å². The third-order valence-corrected chi connectivity index (χ3v) is 7.13. The lowest BCUT2D eigenvalue weighted by Crippen LogP contribution is -2.34. The van der Waals surface area contributed by atoms with Crippen molar-refractivity contribution in [2.24, 2.45) is 5.73 Å². The molecule has 1 saturated carbocycles. The average molecular weight is 503 g/mol. The van der Waals surface area contributed by atoms with Crippen molar-refractivity contribution in [1.29, 1.82) is 0 Å². The number of hydrogen-bond acceptors (Lipinski definition) is 7. The number of carbonyl (C=O) groups is 2. The van der Waals surface area contributed by atoms with Crippen molar-refractivity contribution < 1.29 is 31.6 Å². The van der Waals surface area contributed by atoms with Crippen LogP contribution >= 0.6 is 0 Å². The zero-order valence-corrected chi connectivity index (χ0v) is 20.4. The summed E-state index contributed by atoms with van der Waals surface area (Å²) in [6, 6.07) is 9.10. The van der Waals surface area contributed by atoms with Gasteiger partial charge < -0.3 is 14.9 Å². The first-order valence-corrected chi connectivity index (χ1v) is 13.2. The summed E-state index contributed by atoms with van der Waals surface area (Å²) in [5, 5.41) is 0.588. The van der Waals surface area contributed by atoms with Crippen molar-refractivity contribution in [2.45, 2.75) is 32.1 Å². The van der Waals surface area contributed by atoms with E-state index in [-0.39, 0.29) is 37.8 Å². The number of ketones is 1. The molecule has 0 radical (unpaired) electrons. The largest absolute Gasteiger partial charge is 0.463 e. The third kappa shape index (κ3) is 5.23. The van der Waals surface area contributed by atoms with E-state index in [1.165, 1.54) is 28.6 Å². The molecule has 1 aliphatic rings. The highest BCUT2D eigenvalue weighted by Gasteiger charge is 2.33. The Hall–Kier alpha value is -3.24. The standard InChI is InChI=1S/C25H27FN2O6S/c1-3-21(29)24-19-12-18(15-4-5-15)20(28(35(2,31)32)10-11-33-23(30)14-27)13-22(19)34-25(24)16-6-8-17(26)9-7-16/h6-9,12-13,15H,3-5,10-11,14,27H2,1-2H3. The smallest absolute Gasteiger partial charge is 0.319 e. The second-order valence-corrected chi connectivity index (χ2v) is 10.4. The molecule has 0 atom stereocenters. The number of Topliss-reactive ketones (excluding diaryl/α,β-unsaturated/α-hetero) is 1. The summed E-state index contributed by atoms with van der Waals surface area (Å²) >= 11 is 0. The molecule has 1 aromatic heterocycles. The summed E-state index contributed by atoms with van der Waals surface area (Å²) in [4.78, 5) is 24.4. The van der Waals surface area contributed by atoms with Crippen LogP contribution in [0.25, 0.3) is 22.3 Å². The lowest BCUT2D eigenvalue weighted by atomic mass is 9.97. The second-order valence-electron chi connectivity index (χ2n) is 8.53. The fourth-order valence-corrected chi connectivity index (χ4v) is 5.03. The van der Waals surface area contributed by atoms with Gasteiger partial charge in [-0.2, -0.15) is 0 Å². The Kier molecular flexibility index (Phi) is 6.95. The van der Waals surface area contributed by atoms with Crippen LogP contribution in [0.1, 0.15) is 48.0 Å². The second kappa shape index (κ2) is 9.79. The summed E-state index contributed by atoms with van der Waals surface area (Å²) in [6.45, 7) is 1.19. The zero-order chi connectivity index (χ0) is 25.3. The summed E-state index contributed by atoms with van der Waals surface area (Å²) in [7, 11) is -3.74. The summed E-state index contributed by atoms with van der Waals surface area (Å²) in [5.41, 5.74) is 7.74. The van der Waals surface area contributed by atoms with E-state index >= 15 is 0 Å². The molecule has 0 bridgehead atoms. The lowest BCUT2D eigenvalue weighted by molar-refractivity contribution is -0.141. The van der Waals surface area contributed by atoms with Gasteiger partial charge in [-0.05, 0) is 54.7 Å². The van der Waals surface area contributed by atoms with E-state index in [0.717, 1.165) is 24.7 Å². The van der Waals surface area contributed by atoms with Crippen molar-refractivity contribution in [2.75, 3.05) is 30.3 Å². The first-order valence-electron chi connectivity index (χ1n) is 11.4. The molecule has 0 unspecified atom stereocenters. The molecule has 8 nitrogen and oxygen atoms in total. The summed E-state index contributed by atoms with van der Waals surface area (Å²) in [6.07, 6.45) is 3.10. The van der Waals surface area contributed by atoms with Gasteiger partial charge in [-0.15, -0.1) is 0 Å². The number of esters is 1. The van der Waals surface area contributed by atoms with Gasteiger partial charge in [0.2, 0.25) is 10.0 Å². The molecule has 0 saturated heterocycles. The topological polar surface area (TPSA) is 120 Å². The number of nitrogens with zero attached hydrogens (tertiary/aromatic N) is 1. The van der Waals surface area contributed by atoms with E-state index < -0.39 is 21.8 Å². The lowest BCUT2D eigenvalue weighted by Gasteiger charge is -2.25. The van der Waals surface area contributed by atoms with Crippen molar-refractivity contribution >= 4 is 38.4 Å². The first-order chi connectivity index (χ1) is 16.6. The van der Waals surface area contributed by atoms with Crippen LogP contribution in [0.15, 0.2) is 40.8 Å². The van der Waals surface area contributed by atoms with E-state index in [0.29, 0.717) is 33.5 Å². The normalized spacial score (nSPS) is 13.7. The van der Waals surface area contributed by atoms with E-state index in [2.05, 4.69) is 0 Å². The number of carbonyl (C=O) groups excluding carboxylic acids is 2. The highest BCUT2D eigenvalue weighted by atomic mass is 32.2. The van der Waals surface area contributed by atoms with E-state index in [9.17, 15) is 22.4 Å². The molecule has 0 aliphatic heterocycles. The fraction of sp³-hybridized carbons (Fsp3) is 0.360. The maximum Gasteiger partial charge on any atom is 0.319 e. The molecular weight excluding hydrogens is 475 g/mol. The molecule has 10 heteroatoms. The number of halogens is 1. The molecule has 2 aromatic carbocycles. The van der Waals surface area contributed by atoms with Crippen molar-refractivity contribution in [1.82, 2.24) is 0 Å². The van der Waals surface area contributed by atoms with E-state index in [4.69, 9.17) is 14.9 Å². The van der Waals surface area contributed by atoms with E-state index in [1.807, 2.05) is 6.07 Å². The average Bonchev–Trinajstić information content (AvgIpc) is 3.60. The Morgan fingerprint density at radius 3 is 2.46 bits per heavy atom. The SMILES string of the molecule is CCC(=O)c1c(-c2ccc(F)cc2)oc2cc(N(CCOC(=O)CN)S(C)(=O)=O)c(C3CC3)cc12. The van der Waals surface area contributed by atoms with Crippen LogP contribution in [0.2, 0.25) is 0 Å². The Morgan fingerprint density at radius 2 is 1.89 bits per heavy atom. The van der Waals surface area contributed by atoms with Crippen molar-refractivity contribution in [3.8, 4) is 11.3 Å². The number of benzene rings is 2. The Morgan fingerprint density at radius 1 is 1.20 bits per heavy atom. The van der Waals surface area contributed by atoms with Crippen LogP contribution in [0.3, 0.4) is 0 Å². The molecule has 3 aromatic rings. The monoisotopic (exact) mass is 502 g/mol. The highest BCUT2D eigenvalue weighted by Crippen LogP contribution is 2.48. The summed E-state index contributed by atoms with van der Waals surface area (Å²) in [5.74, 6) is -0.724. The third-order valence-electron chi connectivity index (χ3n) is 5.95. The molecule has 2 N–H and O–H groups in total. The molecule has 0 amide bonds. The number of hydrogen-bond donors (Lipinski definition) is 1. The quantitative estimate of drug-likeness (QED) is 0.329.